The van der Waals surface area contributed by atoms with E-state index in [4.69, 9.17) is 0 Å². The van der Waals surface area contributed by atoms with Gasteiger partial charge in [-0.05, 0) is 46.0 Å². The van der Waals surface area contributed by atoms with Crippen LogP contribution >= 0.6 is 15.9 Å². The van der Waals surface area contributed by atoms with Crippen molar-refractivity contribution >= 4 is 15.9 Å². The van der Waals surface area contributed by atoms with E-state index in [-0.39, 0.29) is 0 Å². The third-order valence-corrected chi connectivity index (χ3v) is 4.16. The lowest BCUT2D eigenvalue weighted by Crippen LogP contribution is -2.06. The highest BCUT2D eigenvalue weighted by Crippen LogP contribution is 2.19. The quantitative estimate of drug-likeness (QED) is 0.311. The second-order valence-corrected chi connectivity index (χ2v) is 6.39. The van der Waals surface area contributed by atoms with E-state index < -0.39 is 0 Å². The van der Waals surface area contributed by atoms with E-state index in [1.165, 1.54) is 36.8 Å². The first kappa shape index (κ1) is 16.0. The summed E-state index contributed by atoms with van der Waals surface area (Å²) in [6.07, 6.45) is 9.75. The maximum absolute atomic E-state index is 3.73. The lowest BCUT2D eigenvalue weighted by atomic mass is 10.0. The molecule has 0 saturated carbocycles. The Morgan fingerprint density at radius 2 is 1.75 bits per heavy atom. The number of allylic oxidation sites excluding steroid dienone is 4. The van der Waals surface area contributed by atoms with Gasteiger partial charge in [-0.2, -0.15) is 0 Å². The molecule has 94 valence electrons. The van der Waals surface area contributed by atoms with Gasteiger partial charge in [-0.15, -0.1) is 0 Å². The van der Waals surface area contributed by atoms with Gasteiger partial charge >= 0.3 is 0 Å². The smallest absolute Gasteiger partial charge is 0.0168 e. The highest BCUT2D eigenvalue weighted by molar-refractivity contribution is 9.09. The Balaban J connectivity index is 3.64. The molecule has 0 aromatic heterocycles. The van der Waals surface area contributed by atoms with E-state index in [0.717, 1.165) is 5.92 Å². The van der Waals surface area contributed by atoms with Crippen molar-refractivity contribution in [3.8, 4) is 0 Å². The summed E-state index contributed by atoms with van der Waals surface area (Å²) in [7, 11) is 0. The van der Waals surface area contributed by atoms with Crippen molar-refractivity contribution in [2.45, 2.75) is 65.1 Å². The fourth-order valence-electron chi connectivity index (χ4n) is 1.66. The number of hydrogen-bond acceptors (Lipinski definition) is 0. The summed E-state index contributed by atoms with van der Waals surface area (Å²) >= 11 is 3.73. The van der Waals surface area contributed by atoms with Crippen LogP contribution in [0.3, 0.4) is 0 Å². The fourth-order valence-corrected chi connectivity index (χ4v) is 1.98. The summed E-state index contributed by atoms with van der Waals surface area (Å²) in [6, 6.07) is 0. The predicted molar refractivity (Wildman–Crippen MR) is 79.2 cm³/mol. The molecule has 0 N–H and O–H groups in total. The second-order valence-electron chi connectivity index (χ2n) is 5.21. The molecule has 1 unspecified atom stereocenters. The van der Waals surface area contributed by atoms with Crippen LogP contribution in [0.4, 0.5) is 0 Å². The van der Waals surface area contributed by atoms with E-state index >= 15 is 0 Å². The normalized spacial score (nSPS) is 14.1. The standard InChI is InChI=1S/C15H27Br/c1-12(2)11-14(5)9-7-6-8-10-15(16)13(3)4/h9,11,13,15H,6-8,10H2,1-5H3/b14-9+. The minimum Gasteiger partial charge on any atom is -0.0888 e. The van der Waals surface area contributed by atoms with Gasteiger partial charge in [-0.3, -0.25) is 0 Å². The van der Waals surface area contributed by atoms with Gasteiger partial charge < -0.3 is 0 Å². The minimum atomic E-state index is 0.690. The maximum atomic E-state index is 3.73. The average Bonchev–Trinajstić information content (AvgIpc) is 2.15. The topological polar surface area (TPSA) is 0 Å². The van der Waals surface area contributed by atoms with Crippen molar-refractivity contribution in [3.05, 3.63) is 23.3 Å². The Bertz CT molecular complexity index is 232. The van der Waals surface area contributed by atoms with Crippen LogP contribution in [0.5, 0.6) is 0 Å². The van der Waals surface area contributed by atoms with E-state index in [9.17, 15) is 0 Å². The van der Waals surface area contributed by atoms with Crippen molar-refractivity contribution in [2.75, 3.05) is 0 Å². The molecular weight excluding hydrogens is 260 g/mol. The van der Waals surface area contributed by atoms with Crippen molar-refractivity contribution < 1.29 is 0 Å². The lowest BCUT2D eigenvalue weighted by molar-refractivity contribution is 0.552. The molecule has 0 aliphatic carbocycles. The van der Waals surface area contributed by atoms with Crippen LogP contribution in [0, 0.1) is 5.92 Å². The number of halogens is 1. The third-order valence-electron chi connectivity index (χ3n) is 2.64. The monoisotopic (exact) mass is 286 g/mol. The SMILES string of the molecule is CC(C)=C/C(C)=C/CCCCC(Br)C(C)C. The van der Waals surface area contributed by atoms with Crippen molar-refractivity contribution in [1.82, 2.24) is 0 Å². The molecule has 0 fully saturated rings. The fraction of sp³-hybridized carbons (Fsp3) is 0.733. The zero-order valence-corrected chi connectivity index (χ0v) is 13.1. The summed E-state index contributed by atoms with van der Waals surface area (Å²) in [5.41, 5.74) is 2.79. The van der Waals surface area contributed by atoms with Gasteiger partial charge in [0, 0.05) is 4.83 Å². The number of rotatable bonds is 7. The molecule has 0 nitrogen and oxygen atoms in total. The molecule has 0 rings (SSSR count). The molecular formula is C15H27Br. The van der Waals surface area contributed by atoms with E-state index in [2.05, 4.69) is 62.7 Å². The molecule has 1 heteroatoms. The molecule has 0 aromatic rings. The van der Waals surface area contributed by atoms with E-state index in [1.54, 1.807) is 0 Å². The van der Waals surface area contributed by atoms with E-state index in [0.29, 0.717) is 4.83 Å². The van der Waals surface area contributed by atoms with Gasteiger partial charge in [0.1, 0.15) is 0 Å². The molecule has 0 saturated heterocycles. The molecule has 0 amide bonds. The molecule has 0 heterocycles. The molecule has 1 atom stereocenters. The van der Waals surface area contributed by atoms with Crippen LogP contribution in [0.2, 0.25) is 0 Å². The van der Waals surface area contributed by atoms with Crippen molar-refractivity contribution in [1.29, 1.82) is 0 Å². The van der Waals surface area contributed by atoms with Gasteiger partial charge in [0.2, 0.25) is 0 Å². The van der Waals surface area contributed by atoms with Gasteiger partial charge in [-0.1, -0.05) is 59.5 Å². The summed E-state index contributed by atoms with van der Waals surface area (Å²) in [4.78, 5) is 0.690. The van der Waals surface area contributed by atoms with Gasteiger partial charge in [0.05, 0.1) is 0 Å². The molecule has 0 radical (unpaired) electrons. The molecule has 0 aromatic carbocycles. The van der Waals surface area contributed by atoms with Crippen LogP contribution in [0.15, 0.2) is 23.3 Å². The molecule has 16 heavy (non-hydrogen) atoms. The zero-order valence-electron chi connectivity index (χ0n) is 11.5. The van der Waals surface area contributed by atoms with Gasteiger partial charge in [0.15, 0.2) is 0 Å². The van der Waals surface area contributed by atoms with Crippen LogP contribution < -0.4 is 0 Å². The molecule has 0 aliphatic rings. The van der Waals surface area contributed by atoms with E-state index in [1.807, 2.05) is 0 Å². The zero-order chi connectivity index (χ0) is 12.6. The van der Waals surface area contributed by atoms with Crippen molar-refractivity contribution in [2.24, 2.45) is 5.92 Å². The largest absolute Gasteiger partial charge is 0.0888 e. The van der Waals surface area contributed by atoms with Crippen LogP contribution in [0.1, 0.15) is 60.3 Å². The van der Waals surface area contributed by atoms with Crippen LogP contribution in [0.25, 0.3) is 0 Å². The van der Waals surface area contributed by atoms with Crippen molar-refractivity contribution in [3.63, 3.8) is 0 Å². The van der Waals surface area contributed by atoms with Gasteiger partial charge in [-0.25, -0.2) is 0 Å². The lowest BCUT2D eigenvalue weighted by Gasteiger charge is -2.12. The summed E-state index contributed by atoms with van der Waals surface area (Å²) in [5, 5.41) is 0. The second kappa shape index (κ2) is 9.04. The maximum Gasteiger partial charge on any atom is 0.0168 e. The summed E-state index contributed by atoms with van der Waals surface area (Å²) in [5.74, 6) is 0.753. The summed E-state index contributed by atoms with van der Waals surface area (Å²) in [6.45, 7) is 11.0. The Hall–Kier alpha value is -0.0400. The first-order valence-corrected chi connectivity index (χ1v) is 7.30. The summed E-state index contributed by atoms with van der Waals surface area (Å²) < 4.78 is 0. The highest BCUT2D eigenvalue weighted by Gasteiger charge is 2.07. The van der Waals surface area contributed by atoms with Crippen LogP contribution in [-0.4, -0.2) is 4.83 Å². The molecule has 0 bridgehead atoms. The van der Waals surface area contributed by atoms with Crippen LogP contribution in [-0.2, 0) is 0 Å². The Kier molecular flexibility index (Phi) is 9.02. The first-order valence-electron chi connectivity index (χ1n) is 6.39. The number of hydrogen-bond donors (Lipinski definition) is 0. The van der Waals surface area contributed by atoms with Gasteiger partial charge in [0.25, 0.3) is 0 Å². The number of unbranched alkanes of at least 4 members (excludes halogenated alkanes) is 2. The number of alkyl halides is 1. The molecule has 0 aliphatic heterocycles. The first-order chi connectivity index (χ1) is 7.43. The molecule has 0 spiro atoms. The highest BCUT2D eigenvalue weighted by atomic mass is 79.9. The Labute approximate surface area is 110 Å². The average molecular weight is 287 g/mol. The Morgan fingerprint density at radius 3 is 2.25 bits per heavy atom. The Morgan fingerprint density at radius 1 is 1.12 bits per heavy atom. The predicted octanol–water partition coefficient (Wildman–Crippen LogP) is 5.88. The third kappa shape index (κ3) is 9.21. The minimum absolute atomic E-state index is 0.690.